The monoisotopic (exact) mass is 292 g/mol. The van der Waals surface area contributed by atoms with Crippen LogP contribution in [0, 0.1) is 5.92 Å². The van der Waals surface area contributed by atoms with Crippen molar-refractivity contribution >= 4 is 5.91 Å². The SMILES string of the molecule is CCCC(CN)C(=O)N(C)CC1COc2ccccc2O1. The van der Waals surface area contributed by atoms with Crippen LogP contribution in [0.1, 0.15) is 19.8 Å². The van der Waals surface area contributed by atoms with E-state index >= 15 is 0 Å². The van der Waals surface area contributed by atoms with Crippen LogP contribution in [0.15, 0.2) is 24.3 Å². The summed E-state index contributed by atoms with van der Waals surface area (Å²) in [7, 11) is 1.80. The Labute approximate surface area is 126 Å². The van der Waals surface area contributed by atoms with Crippen molar-refractivity contribution in [3.63, 3.8) is 0 Å². The maximum Gasteiger partial charge on any atom is 0.226 e. The first-order valence-electron chi connectivity index (χ1n) is 7.49. The average molecular weight is 292 g/mol. The van der Waals surface area contributed by atoms with Crippen LogP contribution in [0.25, 0.3) is 0 Å². The molecule has 1 aliphatic rings. The molecular formula is C16H24N2O3. The second-order valence-corrected chi connectivity index (χ2v) is 5.44. The second kappa shape index (κ2) is 7.31. The molecule has 1 amide bonds. The predicted octanol–water partition coefficient (Wildman–Crippen LogP) is 1.66. The number of para-hydroxylation sites is 2. The van der Waals surface area contributed by atoms with E-state index < -0.39 is 0 Å². The Balaban J connectivity index is 1.92. The standard InChI is InChI=1S/C16H24N2O3/c1-3-6-12(9-17)16(19)18(2)10-13-11-20-14-7-4-5-8-15(14)21-13/h4-5,7-8,12-13H,3,6,9-11,17H2,1-2H3. The Morgan fingerprint density at radius 3 is 2.81 bits per heavy atom. The number of fused-ring (bicyclic) bond motifs is 1. The number of ether oxygens (including phenoxy) is 2. The van der Waals surface area contributed by atoms with Gasteiger partial charge < -0.3 is 20.1 Å². The number of hydrogen-bond donors (Lipinski definition) is 1. The maximum absolute atomic E-state index is 12.3. The zero-order chi connectivity index (χ0) is 15.2. The fourth-order valence-corrected chi connectivity index (χ4v) is 2.55. The Kier molecular flexibility index (Phi) is 5.44. The highest BCUT2D eigenvalue weighted by atomic mass is 16.6. The summed E-state index contributed by atoms with van der Waals surface area (Å²) in [6, 6.07) is 7.58. The molecule has 0 aliphatic carbocycles. The Morgan fingerprint density at radius 2 is 2.14 bits per heavy atom. The van der Waals surface area contributed by atoms with Crippen LogP contribution < -0.4 is 15.2 Å². The van der Waals surface area contributed by atoms with Crippen LogP contribution >= 0.6 is 0 Å². The van der Waals surface area contributed by atoms with Gasteiger partial charge in [-0.1, -0.05) is 25.5 Å². The van der Waals surface area contributed by atoms with E-state index in [1.54, 1.807) is 11.9 Å². The van der Waals surface area contributed by atoms with Crippen LogP contribution in [-0.4, -0.2) is 43.7 Å². The van der Waals surface area contributed by atoms with Gasteiger partial charge in [0.1, 0.15) is 6.61 Å². The number of rotatable bonds is 6. The Bertz CT molecular complexity index is 478. The van der Waals surface area contributed by atoms with Gasteiger partial charge in [-0.3, -0.25) is 4.79 Å². The average Bonchev–Trinajstić information content (AvgIpc) is 2.51. The van der Waals surface area contributed by atoms with Crippen LogP contribution in [-0.2, 0) is 4.79 Å². The van der Waals surface area contributed by atoms with Crippen LogP contribution in [0.2, 0.25) is 0 Å². The normalized spacial score (nSPS) is 18.1. The molecule has 5 nitrogen and oxygen atoms in total. The lowest BCUT2D eigenvalue weighted by Crippen LogP contribution is -2.44. The quantitative estimate of drug-likeness (QED) is 0.866. The van der Waals surface area contributed by atoms with Crippen LogP contribution in [0.3, 0.4) is 0 Å². The first-order valence-corrected chi connectivity index (χ1v) is 7.49. The fourth-order valence-electron chi connectivity index (χ4n) is 2.55. The summed E-state index contributed by atoms with van der Waals surface area (Å²) >= 11 is 0. The molecule has 0 spiro atoms. The van der Waals surface area contributed by atoms with Crippen molar-refractivity contribution in [3.8, 4) is 11.5 Å². The molecule has 116 valence electrons. The molecule has 0 saturated heterocycles. The number of likely N-dealkylation sites (N-methyl/N-ethyl adjacent to an activating group) is 1. The summed E-state index contributed by atoms with van der Waals surface area (Å²) in [5, 5.41) is 0. The van der Waals surface area contributed by atoms with Crippen LogP contribution in [0.4, 0.5) is 0 Å². The van der Waals surface area contributed by atoms with Gasteiger partial charge in [0.05, 0.1) is 12.5 Å². The lowest BCUT2D eigenvalue weighted by atomic mass is 10.0. The molecule has 1 aromatic rings. The highest BCUT2D eigenvalue weighted by Crippen LogP contribution is 2.31. The maximum atomic E-state index is 12.3. The molecule has 0 saturated carbocycles. The summed E-state index contributed by atoms with van der Waals surface area (Å²) in [4.78, 5) is 14.0. The van der Waals surface area contributed by atoms with Gasteiger partial charge in [-0.25, -0.2) is 0 Å². The Morgan fingerprint density at radius 1 is 1.43 bits per heavy atom. The van der Waals surface area contributed by atoms with Gasteiger partial charge in [0, 0.05) is 13.6 Å². The molecule has 0 radical (unpaired) electrons. The van der Waals surface area contributed by atoms with E-state index in [0.717, 1.165) is 24.3 Å². The van der Waals surface area contributed by atoms with Crippen molar-refractivity contribution in [1.29, 1.82) is 0 Å². The molecule has 0 bridgehead atoms. The fraction of sp³-hybridized carbons (Fsp3) is 0.562. The molecule has 2 N–H and O–H groups in total. The molecular weight excluding hydrogens is 268 g/mol. The minimum Gasteiger partial charge on any atom is -0.486 e. The van der Waals surface area contributed by atoms with E-state index in [-0.39, 0.29) is 17.9 Å². The minimum absolute atomic E-state index is 0.0850. The van der Waals surface area contributed by atoms with Crippen molar-refractivity contribution in [2.75, 3.05) is 26.7 Å². The van der Waals surface area contributed by atoms with Gasteiger partial charge in [-0.2, -0.15) is 0 Å². The molecule has 0 aromatic heterocycles. The summed E-state index contributed by atoms with van der Waals surface area (Å²) in [6.45, 7) is 3.41. The summed E-state index contributed by atoms with van der Waals surface area (Å²) < 4.78 is 11.5. The van der Waals surface area contributed by atoms with Crippen molar-refractivity contribution in [3.05, 3.63) is 24.3 Å². The predicted molar refractivity (Wildman–Crippen MR) is 81.4 cm³/mol. The third kappa shape index (κ3) is 3.88. The number of amides is 1. The van der Waals surface area contributed by atoms with E-state index in [4.69, 9.17) is 15.2 Å². The first-order chi connectivity index (χ1) is 10.2. The molecule has 1 aliphatic heterocycles. The van der Waals surface area contributed by atoms with E-state index in [9.17, 15) is 4.79 Å². The molecule has 21 heavy (non-hydrogen) atoms. The number of nitrogens with zero attached hydrogens (tertiary/aromatic N) is 1. The molecule has 5 heteroatoms. The van der Waals surface area contributed by atoms with Crippen molar-refractivity contribution < 1.29 is 14.3 Å². The second-order valence-electron chi connectivity index (χ2n) is 5.44. The summed E-state index contributed by atoms with van der Waals surface area (Å²) in [5.41, 5.74) is 5.69. The molecule has 0 fully saturated rings. The molecule has 1 aromatic carbocycles. The highest BCUT2D eigenvalue weighted by molar-refractivity contribution is 5.78. The van der Waals surface area contributed by atoms with Crippen molar-refractivity contribution in [1.82, 2.24) is 4.90 Å². The third-order valence-corrected chi connectivity index (χ3v) is 3.69. The Hall–Kier alpha value is -1.75. The van der Waals surface area contributed by atoms with Gasteiger partial charge in [-0.15, -0.1) is 0 Å². The van der Waals surface area contributed by atoms with E-state index in [0.29, 0.717) is 19.7 Å². The lowest BCUT2D eigenvalue weighted by Gasteiger charge is -2.31. The highest BCUT2D eigenvalue weighted by Gasteiger charge is 2.26. The lowest BCUT2D eigenvalue weighted by molar-refractivity contribution is -0.135. The van der Waals surface area contributed by atoms with Gasteiger partial charge in [0.2, 0.25) is 5.91 Å². The van der Waals surface area contributed by atoms with E-state index in [1.807, 2.05) is 24.3 Å². The third-order valence-electron chi connectivity index (χ3n) is 3.69. The largest absolute Gasteiger partial charge is 0.486 e. The zero-order valence-corrected chi connectivity index (χ0v) is 12.7. The number of nitrogens with two attached hydrogens (primary N) is 1. The molecule has 2 atom stereocenters. The summed E-state index contributed by atoms with van der Waals surface area (Å²) in [6.07, 6.45) is 1.64. The number of benzene rings is 1. The van der Waals surface area contributed by atoms with Crippen LogP contribution in [0.5, 0.6) is 11.5 Å². The van der Waals surface area contributed by atoms with Gasteiger partial charge in [0.25, 0.3) is 0 Å². The van der Waals surface area contributed by atoms with Gasteiger partial charge in [-0.05, 0) is 18.6 Å². The van der Waals surface area contributed by atoms with Crippen molar-refractivity contribution in [2.45, 2.75) is 25.9 Å². The van der Waals surface area contributed by atoms with Crippen molar-refractivity contribution in [2.24, 2.45) is 11.7 Å². The molecule has 1 heterocycles. The topological polar surface area (TPSA) is 64.8 Å². The molecule has 2 unspecified atom stereocenters. The van der Waals surface area contributed by atoms with Gasteiger partial charge in [0.15, 0.2) is 17.6 Å². The van der Waals surface area contributed by atoms with E-state index in [1.165, 1.54) is 0 Å². The smallest absolute Gasteiger partial charge is 0.226 e. The minimum atomic E-state index is -0.145. The number of carbonyl (C=O) groups is 1. The molecule has 2 rings (SSSR count). The summed E-state index contributed by atoms with van der Waals surface area (Å²) in [5.74, 6) is 1.48. The van der Waals surface area contributed by atoms with Gasteiger partial charge >= 0.3 is 0 Å². The first kappa shape index (κ1) is 15.6. The number of hydrogen-bond acceptors (Lipinski definition) is 4. The number of carbonyl (C=O) groups excluding carboxylic acids is 1. The zero-order valence-electron chi connectivity index (χ0n) is 12.7. The van der Waals surface area contributed by atoms with E-state index in [2.05, 4.69) is 6.92 Å².